The van der Waals surface area contributed by atoms with Gasteiger partial charge >= 0.3 is 0 Å². The number of sulfonamides is 1. The molecule has 6 nitrogen and oxygen atoms in total. The van der Waals surface area contributed by atoms with Crippen molar-refractivity contribution < 1.29 is 18.3 Å². The number of rotatable bonds is 7. The molecule has 0 aromatic heterocycles. The highest BCUT2D eigenvalue weighted by molar-refractivity contribution is 7.88. The van der Waals surface area contributed by atoms with E-state index < -0.39 is 10.0 Å². The van der Waals surface area contributed by atoms with E-state index in [1.165, 1.54) is 11.4 Å². The van der Waals surface area contributed by atoms with Crippen molar-refractivity contribution in [3.63, 3.8) is 0 Å². The molecule has 21 heavy (non-hydrogen) atoms. The summed E-state index contributed by atoms with van der Waals surface area (Å²) in [6.45, 7) is 5.11. The van der Waals surface area contributed by atoms with Crippen LogP contribution in [-0.4, -0.2) is 68.2 Å². The van der Waals surface area contributed by atoms with Crippen LogP contribution in [0.2, 0.25) is 0 Å². The minimum absolute atomic E-state index is 0.0338. The summed E-state index contributed by atoms with van der Waals surface area (Å²) in [6, 6.07) is 0. The van der Waals surface area contributed by atoms with Crippen molar-refractivity contribution in [2.24, 2.45) is 5.41 Å². The summed E-state index contributed by atoms with van der Waals surface area (Å²) >= 11 is 0. The average Bonchev–Trinajstić information content (AvgIpc) is 2.43. The molecule has 7 heteroatoms. The molecule has 0 aromatic rings. The van der Waals surface area contributed by atoms with Gasteiger partial charge in [0.25, 0.3) is 0 Å². The summed E-state index contributed by atoms with van der Waals surface area (Å²) in [5, 5.41) is 9.62. The standard InChI is InChI=1S/C14H26N2O4S/c1-4-7-14(12-17)8-5-9-16(11-14)13(18)6-10-15(2)21(3,19)20/h4,17H,1,5-12H2,2-3H3. The number of amides is 1. The maximum Gasteiger partial charge on any atom is 0.223 e. The number of carbonyl (C=O) groups excluding carboxylic acids is 1. The van der Waals surface area contributed by atoms with Gasteiger partial charge in [-0.3, -0.25) is 4.79 Å². The number of likely N-dealkylation sites (tertiary alicyclic amines) is 1. The summed E-state index contributed by atoms with van der Waals surface area (Å²) in [6.07, 6.45) is 5.47. The number of allylic oxidation sites excluding steroid dienone is 1. The fourth-order valence-corrected chi connectivity index (χ4v) is 3.09. The number of hydrogen-bond acceptors (Lipinski definition) is 4. The maximum atomic E-state index is 12.2. The number of hydrogen-bond donors (Lipinski definition) is 1. The number of aliphatic hydroxyl groups excluding tert-OH is 1. The van der Waals surface area contributed by atoms with E-state index >= 15 is 0 Å². The zero-order valence-electron chi connectivity index (χ0n) is 12.9. The Kier molecular flexibility index (Phi) is 6.37. The first kappa shape index (κ1) is 18.1. The van der Waals surface area contributed by atoms with E-state index in [2.05, 4.69) is 6.58 Å². The second-order valence-corrected chi connectivity index (χ2v) is 7.99. The predicted molar refractivity (Wildman–Crippen MR) is 82.2 cm³/mol. The molecule has 0 radical (unpaired) electrons. The first-order valence-corrected chi connectivity index (χ1v) is 9.00. The lowest BCUT2D eigenvalue weighted by Crippen LogP contribution is -2.48. The summed E-state index contributed by atoms with van der Waals surface area (Å²) in [4.78, 5) is 14.0. The van der Waals surface area contributed by atoms with Crippen LogP contribution in [0.5, 0.6) is 0 Å². The quantitative estimate of drug-likeness (QED) is 0.691. The molecule has 1 unspecified atom stereocenters. The van der Waals surface area contributed by atoms with E-state index in [0.717, 1.165) is 19.1 Å². The fraction of sp³-hybridized carbons (Fsp3) is 0.786. The van der Waals surface area contributed by atoms with Crippen molar-refractivity contribution in [1.29, 1.82) is 0 Å². The highest BCUT2D eigenvalue weighted by Gasteiger charge is 2.35. The monoisotopic (exact) mass is 318 g/mol. The van der Waals surface area contributed by atoms with Crippen LogP contribution in [0.25, 0.3) is 0 Å². The average molecular weight is 318 g/mol. The molecule has 1 amide bonds. The Morgan fingerprint density at radius 2 is 2.19 bits per heavy atom. The van der Waals surface area contributed by atoms with E-state index in [1.54, 1.807) is 11.0 Å². The molecule has 0 aromatic carbocycles. The van der Waals surface area contributed by atoms with Crippen LogP contribution in [0.15, 0.2) is 12.7 Å². The van der Waals surface area contributed by atoms with Gasteiger partial charge in [0.15, 0.2) is 0 Å². The van der Waals surface area contributed by atoms with Crippen LogP contribution in [0.4, 0.5) is 0 Å². The third kappa shape index (κ3) is 5.09. The van der Waals surface area contributed by atoms with Crippen molar-refractivity contribution >= 4 is 15.9 Å². The van der Waals surface area contributed by atoms with Crippen molar-refractivity contribution in [2.75, 3.05) is 39.5 Å². The molecule has 0 aliphatic carbocycles. The Labute approximate surface area is 127 Å². The van der Waals surface area contributed by atoms with E-state index in [9.17, 15) is 18.3 Å². The first-order valence-electron chi connectivity index (χ1n) is 7.15. The SMILES string of the molecule is C=CCC1(CO)CCCN(C(=O)CCN(C)S(C)(=O)=O)C1. The third-order valence-corrected chi connectivity index (χ3v) is 5.45. The lowest BCUT2D eigenvalue weighted by atomic mass is 9.78. The molecule has 122 valence electrons. The van der Waals surface area contributed by atoms with Gasteiger partial charge < -0.3 is 10.0 Å². The van der Waals surface area contributed by atoms with Crippen molar-refractivity contribution in [3.05, 3.63) is 12.7 Å². The fourth-order valence-electron chi connectivity index (χ4n) is 2.66. The first-order chi connectivity index (χ1) is 9.74. The summed E-state index contributed by atoms with van der Waals surface area (Å²) < 4.78 is 23.8. The second-order valence-electron chi connectivity index (χ2n) is 5.90. The molecular weight excluding hydrogens is 292 g/mol. The van der Waals surface area contributed by atoms with Crippen molar-refractivity contribution in [1.82, 2.24) is 9.21 Å². The van der Waals surface area contributed by atoms with Crippen molar-refractivity contribution in [2.45, 2.75) is 25.7 Å². The third-order valence-electron chi connectivity index (χ3n) is 4.13. The Bertz CT molecular complexity index is 477. The van der Waals surface area contributed by atoms with Gasteiger partial charge in [-0.05, 0) is 19.3 Å². The number of carbonyl (C=O) groups is 1. The second kappa shape index (κ2) is 7.38. The minimum Gasteiger partial charge on any atom is -0.396 e. The molecule has 1 fully saturated rings. The van der Waals surface area contributed by atoms with Gasteiger partial charge in [0.1, 0.15) is 0 Å². The lowest BCUT2D eigenvalue weighted by molar-refractivity contribution is -0.135. The van der Waals surface area contributed by atoms with Gasteiger partial charge in [-0.2, -0.15) is 0 Å². The van der Waals surface area contributed by atoms with Crippen LogP contribution < -0.4 is 0 Å². The number of nitrogens with zero attached hydrogens (tertiary/aromatic N) is 2. The molecule has 1 aliphatic rings. The largest absolute Gasteiger partial charge is 0.396 e. The summed E-state index contributed by atoms with van der Waals surface area (Å²) in [5.74, 6) is -0.0629. The van der Waals surface area contributed by atoms with Gasteiger partial charge in [0.05, 0.1) is 12.9 Å². The summed E-state index contributed by atoms with van der Waals surface area (Å²) in [5.41, 5.74) is -0.293. The van der Waals surface area contributed by atoms with E-state index in [-0.39, 0.29) is 30.9 Å². The van der Waals surface area contributed by atoms with Crippen molar-refractivity contribution in [3.8, 4) is 0 Å². The van der Waals surface area contributed by atoms with E-state index in [1.807, 2.05) is 0 Å². The molecule has 1 aliphatic heterocycles. The van der Waals surface area contributed by atoms with Crippen LogP contribution in [0, 0.1) is 5.41 Å². The minimum atomic E-state index is -3.26. The Morgan fingerprint density at radius 1 is 1.52 bits per heavy atom. The molecule has 0 saturated carbocycles. The molecule has 1 atom stereocenters. The molecular formula is C14H26N2O4S. The van der Waals surface area contributed by atoms with E-state index in [4.69, 9.17) is 0 Å². The highest BCUT2D eigenvalue weighted by Crippen LogP contribution is 2.33. The van der Waals surface area contributed by atoms with Gasteiger partial charge in [-0.1, -0.05) is 6.08 Å². The van der Waals surface area contributed by atoms with Crippen LogP contribution in [0.3, 0.4) is 0 Å². The van der Waals surface area contributed by atoms with Crippen LogP contribution >= 0.6 is 0 Å². The van der Waals surface area contributed by atoms with E-state index in [0.29, 0.717) is 19.5 Å². The molecule has 1 rings (SSSR count). The highest BCUT2D eigenvalue weighted by atomic mass is 32.2. The normalized spacial score (nSPS) is 23.3. The Balaban J connectivity index is 2.60. The number of piperidine rings is 1. The Hall–Kier alpha value is -0.920. The van der Waals surface area contributed by atoms with Crippen LogP contribution in [-0.2, 0) is 14.8 Å². The molecule has 0 spiro atoms. The topological polar surface area (TPSA) is 77.9 Å². The van der Waals surface area contributed by atoms with Crippen LogP contribution in [0.1, 0.15) is 25.7 Å². The zero-order valence-corrected chi connectivity index (χ0v) is 13.7. The molecule has 0 bridgehead atoms. The van der Waals surface area contributed by atoms with Gasteiger partial charge in [0, 0.05) is 38.5 Å². The van der Waals surface area contributed by atoms with Gasteiger partial charge in [-0.15, -0.1) is 6.58 Å². The zero-order chi connectivity index (χ0) is 16.1. The Morgan fingerprint density at radius 3 is 2.71 bits per heavy atom. The van der Waals surface area contributed by atoms with Gasteiger partial charge in [-0.25, -0.2) is 12.7 Å². The van der Waals surface area contributed by atoms with Gasteiger partial charge in [0.2, 0.25) is 15.9 Å². The predicted octanol–water partition coefficient (Wildman–Crippen LogP) is 0.445. The maximum absolute atomic E-state index is 12.2. The lowest BCUT2D eigenvalue weighted by Gasteiger charge is -2.41. The number of aliphatic hydroxyl groups is 1. The smallest absolute Gasteiger partial charge is 0.223 e. The molecule has 1 heterocycles. The molecule has 1 saturated heterocycles. The summed E-state index contributed by atoms with van der Waals surface area (Å²) in [7, 11) is -1.79. The molecule has 1 N–H and O–H groups in total.